The smallest absolute Gasteiger partial charge is 0.0939 e. The molecular formula is C25H23BrNPS2. The highest BCUT2D eigenvalue weighted by molar-refractivity contribution is 9.10. The van der Waals surface area contributed by atoms with Crippen molar-refractivity contribution < 1.29 is 0 Å². The summed E-state index contributed by atoms with van der Waals surface area (Å²) in [6.45, 7) is 0. The molecule has 4 aromatic rings. The zero-order valence-electron chi connectivity index (χ0n) is 16.8. The van der Waals surface area contributed by atoms with Crippen LogP contribution in [0.1, 0.15) is 17.0 Å². The Kier molecular flexibility index (Phi) is 7.43. The lowest BCUT2D eigenvalue weighted by Crippen LogP contribution is -1.91. The Morgan fingerprint density at radius 2 is 1.53 bits per heavy atom. The molecule has 0 aliphatic carbocycles. The fourth-order valence-electron chi connectivity index (χ4n) is 3.34. The highest BCUT2D eigenvalue weighted by Crippen LogP contribution is 2.38. The van der Waals surface area contributed by atoms with Gasteiger partial charge in [-0.2, -0.15) is 0 Å². The second-order valence-corrected chi connectivity index (χ2v) is 10.7. The Labute approximate surface area is 197 Å². The van der Waals surface area contributed by atoms with Gasteiger partial charge >= 0.3 is 0 Å². The zero-order chi connectivity index (χ0) is 20.9. The van der Waals surface area contributed by atoms with Gasteiger partial charge in [0.15, 0.2) is 0 Å². The molecular weight excluding hydrogens is 489 g/mol. The van der Waals surface area contributed by atoms with Crippen LogP contribution in [0.5, 0.6) is 0 Å². The minimum absolute atomic E-state index is 0.998. The van der Waals surface area contributed by atoms with Gasteiger partial charge in [-0.05, 0) is 66.2 Å². The Bertz CT molecular complexity index is 1100. The topological polar surface area (TPSA) is 12.9 Å². The molecule has 0 aliphatic rings. The van der Waals surface area contributed by atoms with E-state index in [1.165, 1.54) is 36.8 Å². The van der Waals surface area contributed by atoms with Crippen LogP contribution in [-0.4, -0.2) is 11.2 Å². The summed E-state index contributed by atoms with van der Waals surface area (Å²) in [5.41, 5.74) is 4.90. The number of halogens is 1. The molecule has 0 radical (unpaired) electrons. The van der Waals surface area contributed by atoms with Crippen LogP contribution in [0.4, 0.5) is 0 Å². The van der Waals surface area contributed by atoms with Gasteiger partial charge < -0.3 is 0 Å². The van der Waals surface area contributed by atoms with Crippen LogP contribution >= 0.6 is 48.3 Å². The van der Waals surface area contributed by atoms with E-state index in [0.29, 0.717) is 0 Å². The highest BCUT2D eigenvalue weighted by Gasteiger charge is 2.15. The predicted molar refractivity (Wildman–Crippen MR) is 140 cm³/mol. The second-order valence-electron chi connectivity index (χ2n) is 7.12. The van der Waals surface area contributed by atoms with Crippen molar-refractivity contribution in [1.82, 2.24) is 4.98 Å². The molecule has 0 spiro atoms. The maximum absolute atomic E-state index is 5.07. The van der Waals surface area contributed by atoms with E-state index in [1.54, 1.807) is 11.8 Å². The molecule has 1 heterocycles. The molecule has 0 saturated heterocycles. The van der Waals surface area contributed by atoms with Gasteiger partial charge in [-0.1, -0.05) is 64.5 Å². The molecule has 1 aromatic heterocycles. The molecule has 0 bridgehead atoms. The fraction of sp³-hybridized carbons (Fsp3) is 0.160. The Morgan fingerprint density at radius 1 is 0.867 bits per heavy atom. The lowest BCUT2D eigenvalue weighted by Gasteiger charge is -2.04. The number of aryl methyl sites for hydroxylation is 2. The molecule has 0 saturated carbocycles. The van der Waals surface area contributed by atoms with Crippen LogP contribution in [0.2, 0.25) is 0 Å². The average molecular weight is 512 g/mol. The summed E-state index contributed by atoms with van der Waals surface area (Å²) >= 11 is 7.11. The Hall–Kier alpha value is -1.45. The van der Waals surface area contributed by atoms with E-state index in [0.717, 1.165) is 29.4 Å². The van der Waals surface area contributed by atoms with Crippen LogP contribution in [0.15, 0.2) is 82.2 Å². The first-order valence-electron chi connectivity index (χ1n) is 9.87. The van der Waals surface area contributed by atoms with Gasteiger partial charge in [-0.15, -0.1) is 32.3 Å². The van der Waals surface area contributed by atoms with Gasteiger partial charge in [0.1, 0.15) is 0 Å². The summed E-state index contributed by atoms with van der Waals surface area (Å²) in [6, 6.07) is 26.1. The predicted octanol–water partition coefficient (Wildman–Crippen LogP) is 7.64. The summed E-state index contributed by atoms with van der Waals surface area (Å²) in [7, 11) is 2.75. The molecule has 5 heteroatoms. The van der Waals surface area contributed by atoms with E-state index in [1.807, 2.05) is 11.3 Å². The Balaban J connectivity index is 1.59. The summed E-state index contributed by atoms with van der Waals surface area (Å²) in [5, 5.41) is 2.40. The van der Waals surface area contributed by atoms with E-state index >= 15 is 0 Å². The number of aromatic nitrogens is 1. The number of hydrogen-bond acceptors (Lipinski definition) is 3. The standard InChI is InChI=1S/C25H23BrNPS2/c1-29-22-15-9-19(10-16-22)25-24(18-7-13-21(28)14-8-18)27-23(30-25)4-2-3-17-5-11-20(26)12-6-17/h5-16H,2-4,28H2,1H3. The normalized spacial score (nSPS) is 11.0. The minimum atomic E-state index is 0.998. The van der Waals surface area contributed by atoms with Crippen molar-refractivity contribution in [3.8, 4) is 21.7 Å². The molecule has 1 nitrogen and oxygen atoms in total. The molecule has 3 aromatic carbocycles. The van der Waals surface area contributed by atoms with Crippen LogP contribution in [0.25, 0.3) is 21.7 Å². The van der Waals surface area contributed by atoms with E-state index < -0.39 is 0 Å². The van der Waals surface area contributed by atoms with Crippen molar-refractivity contribution in [3.05, 3.63) is 87.8 Å². The molecule has 0 aliphatic heterocycles. The number of nitrogens with zero attached hydrogens (tertiary/aromatic N) is 1. The number of rotatable bonds is 7. The van der Waals surface area contributed by atoms with Gasteiger partial charge in [0.2, 0.25) is 0 Å². The second kappa shape index (κ2) is 10.2. The van der Waals surface area contributed by atoms with Gasteiger partial charge in [0, 0.05) is 14.9 Å². The van der Waals surface area contributed by atoms with Crippen LogP contribution in [0.3, 0.4) is 0 Å². The molecule has 0 N–H and O–H groups in total. The summed E-state index contributed by atoms with van der Waals surface area (Å²) in [4.78, 5) is 7.62. The molecule has 1 atom stereocenters. The van der Waals surface area contributed by atoms with E-state index in [9.17, 15) is 0 Å². The van der Waals surface area contributed by atoms with Gasteiger partial charge in [-0.3, -0.25) is 0 Å². The van der Waals surface area contributed by atoms with Gasteiger partial charge in [0.05, 0.1) is 15.6 Å². The third-order valence-electron chi connectivity index (χ3n) is 4.98. The number of hydrogen-bond donors (Lipinski definition) is 0. The fourth-order valence-corrected chi connectivity index (χ4v) is 5.34. The van der Waals surface area contributed by atoms with Gasteiger partial charge in [-0.25, -0.2) is 4.98 Å². The van der Waals surface area contributed by atoms with Crippen molar-refractivity contribution in [3.63, 3.8) is 0 Å². The van der Waals surface area contributed by atoms with Crippen molar-refractivity contribution in [1.29, 1.82) is 0 Å². The molecule has 4 rings (SSSR count). The number of thioether (sulfide) groups is 1. The molecule has 152 valence electrons. The van der Waals surface area contributed by atoms with E-state index in [4.69, 9.17) is 4.98 Å². The first-order valence-corrected chi connectivity index (χ1v) is 13.3. The molecule has 0 amide bonds. The molecule has 1 unspecified atom stereocenters. The van der Waals surface area contributed by atoms with Crippen molar-refractivity contribution in [2.24, 2.45) is 0 Å². The largest absolute Gasteiger partial charge is 0.241 e. The first kappa shape index (κ1) is 21.8. The minimum Gasteiger partial charge on any atom is -0.241 e. The highest BCUT2D eigenvalue weighted by atomic mass is 79.9. The third-order valence-corrected chi connectivity index (χ3v) is 7.80. The average Bonchev–Trinajstić information content (AvgIpc) is 3.20. The first-order chi connectivity index (χ1) is 14.6. The van der Waals surface area contributed by atoms with Crippen molar-refractivity contribution in [2.45, 2.75) is 24.2 Å². The molecule has 30 heavy (non-hydrogen) atoms. The quantitative estimate of drug-likeness (QED) is 0.187. The summed E-state index contributed by atoms with van der Waals surface area (Å²) < 4.78 is 1.13. The zero-order valence-corrected chi connectivity index (χ0v) is 21.1. The Morgan fingerprint density at radius 3 is 2.20 bits per heavy atom. The van der Waals surface area contributed by atoms with E-state index in [2.05, 4.69) is 104 Å². The SMILES string of the molecule is CSc1ccc(-c2sc(CCCc3ccc(Br)cc3)nc2-c2ccc(P)cc2)cc1. The monoisotopic (exact) mass is 511 g/mol. The van der Waals surface area contributed by atoms with Crippen LogP contribution in [0, 0.1) is 0 Å². The number of thiazole rings is 1. The van der Waals surface area contributed by atoms with Crippen molar-refractivity contribution in [2.75, 3.05) is 6.26 Å². The summed E-state index contributed by atoms with van der Waals surface area (Å²) in [6.07, 6.45) is 5.28. The maximum Gasteiger partial charge on any atom is 0.0939 e. The third kappa shape index (κ3) is 5.42. The lowest BCUT2D eigenvalue weighted by molar-refractivity contribution is 0.815. The molecule has 0 fully saturated rings. The van der Waals surface area contributed by atoms with E-state index in [-0.39, 0.29) is 0 Å². The van der Waals surface area contributed by atoms with Gasteiger partial charge in [0.25, 0.3) is 0 Å². The van der Waals surface area contributed by atoms with Crippen molar-refractivity contribution >= 4 is 53.6 Å². The van der Waals surface area contributed by atoms with Crippen LogP contribution < -0.4 is 5.30 Å². The van der Waals surface area contributed by atoms with Crippen LogP contribution in [-0.2, 0) is 12.8 Å². The maximum atomic E-state index is 5.07. The lowest BCUT2D eigenvalue weighted by atomic mass is 10.1. The number of benzene rings is 3. The summed E-state index contributed by atoms with van der Waals surface area (Å²) in [5.74, 6) is 0.